The Kier molecular flexibility index (Phi) is 10.5. The van der Waals surface area contributed by atoms with E-state index in [1.807, 2.05) is 32.0 Å². The lowest BCUT2D eigenvalue weighted by atomic mass is 10.1. The van der Waals surface area contributed by atoms with Crippen LogP contribution in [-0.4, -0.2) is 12.9 Å². The van der Waals surface area contributed by atoms with Crippen molar-refractivity contribution in [2.75, 3.05) is 12.9 Å². The molecular formula is C11H19FN2. The number of alkyl halides is 1. The smallest absolute Gasteiger partial charge is 0.0785 e. The van der Waals surface area contributed by atoms with Gasteiger partial charge in [0.05, 0.1) is 7.18 Å². The molecule has 0 atom stereocenters. The van der Waals surface area contributed by atoms with Crippen molar-refractivity contribution in [2.24, 2.45) is 0 Å². The van der Waals surface area contributed by atoms with Crippen molar-refractivity contribution in [3.8, 4) is 0 Å². The molecule has 1 rings (SSSR count). The standard InChI is InChI=1S/C8H10N2.C2H6.CH3F/c1-6(9)7-4-2-3-5-8(7)10;2*1-2/h2-5,9H,10H2,1H3;1-2H3;1H3. The highest BCUT2D eigenvalue weighted by Gasteiger charge is 1.96. The summed E-state index contributed by atoms with van der Waals surface area (Å²) >= 11 is 0. The summed E-state index contributed by atoms with van der Waals surface area (Å²) in [6.07, 6.45) is 0. The van der Waals surface area contributed by atoms with Gasteiger partial charge in [-0.15, -0.1) is 0 Å². The summed E-state index contributed by atoms with van der Waals surface area (Å²) in [4.78, 5) is 0. The van der Waals surface area contributed by atoms with Crippen LogP contribution in [-0.2, 0) is 0 Å². The summed E-state index contributed by atoms with van der Waals surface area (Å²) in [5, 5.41) is 7.30. The molecule has 0 aliphatic heterocycles. The van der Waals surface area contributed by atoms with Crippen molar-refractivity contribution in [2.45, 2.75) is 20.8 Å². The fourth-order valence-corrected chi connectivity index (χ4v) is 0.839. The molecule has 0 amide bonds. The van der Waals surface area contributed by atoms with E-state index < -0.39 is 0 Å². The highest BCUT2D eigenvalue weighted by molar-refractivity contribution is 6.00. The highest BCUT2D eigenvalue weighted by atomic mass is 19.1. The van der Waals surface area contributed by atoms with Crippen LogP contribution in [0.1, 0.15) is 26.3 Å². The fraction of sp³-hybridized carbons (Fsp3) is 0.364. The average molecular weight is 198 g/mol. The van der Waals surface area contributed by atoms with Gasteiger partial charge in [0.25, 0.3) is 0 Å². The van der Waals surface area contributed by atoms with Gasteiger partial charge in [-0.1, -0.05) is 32.0 Å². The number of hydrogen-bond acceptors (Lipinski definition) is 2. The lowest BCUT2D eigenvalue weighted by Gasteiger charge is -2.00. The zero-order valence-corrected chi connectivity index (χ0v) is 9.26. The predicted octanol–water partition coefficient (Wildman–Crippen LogP) is 3.27. The van der Waals surface area contributed by atoms with E-state index in [9.17, 15) is 4.39 Å². The Bertz CT molecular complexity index is 259. The Labute approximate surface area is 85.5 Å². The molecule has 0 saturated heterocycles. The average Bonchev–Trinajstić information content (AvgIpc) is 2.24. The second-order valence-electron chi connectivity index (χ2n) is 2.21. The minimum absolute atomic E-state index is 0.500. The molecule has 3 N–H and O–H groups in total. The van der Waals surface area contributed by atoms with E-state index in [0.29, 0.717) is 18.6 Å². The third kappa shape index (κ3) is 5.30. The maximum atomic E-state index is 9.50. The zero-order valence-electron chi connectivity index (χ0n) is 9.26. The number of benzene rings is 1. The van der Waals surface area contributed by atoms with Gasteiger partial charge in [0.1, 0.15) is 0 Å². The van der Waals surface area contributed by atoms with E-state index in [2.05, 4.69) is 0 Å². The summed E-state index contributed by atoms with van der Waals surface area (Å²) in [5.74, 6) is 0. The zero-order chi connectivity index (χ0) is 11.6. The number of para-hydroxylation sites is 1. The summed E-state index contributed by atoms with van der Waals surface area (Å²) in [5.41, 5.74) is 7.59. The molecule has 80 valence electrons. The van der Waals surface area contributed by atoms with Gasteiger partial charge >= 0.3 is 0 Å². The monoisotopic (exact) mass is 198 g/mol. The quantitative estimate of drug-likeness (QED) is 0.528. The van der Waals surface area contributed by atoms with Crippen LogP contribution in [0.4, 0.5) is 10.1 Å². The van der Waals surface area contributed by atoms with Crippen molar-refractivity contribution in [1.82, 2.24) is 0 Å². The molecule has 0 aromatic heterocycles. The molecule has 0 saturated carbocycles. The first-order chi connectivity index (χ1) is 6.72. The molecule has 0 unspecified atom stereocenters. The molecule has 2 nitrogen and oxygen atoms in total. The van der Waals surface area contributed by atoms with Crippen LogP contribution in [0.15, 0.2) is 24.3 Å². The van der Waals surface area contributed by atoms with E-state index in [-0.39, 0.29) is 0 Å². The summed E-state index contributed by atoms with van der Waals surface area (Å²) in [6, 6.07) is 7.39. The maximum absolute atomic E-state index is 9.50. The van der Waals surface area contributed by atoms with Crippen LogP contribution in [0.2, 0.25) is 0 Å². The van der Waals surface area contributed by atoms with E-state index in [1.54, 1.807) is 13.0 Å². The van der Waals surface area contributed by atoms with Gasteiger partial charge in [-0.25, -0.2) is 0 Å². The van der Waals surface area contributed by atoms with Crippen LogP contribution >= 0.6 is 0 Å². The Morgan fingerprint density at radius 3 is 1.93 bits per heavy atom. The van der Waals surface area contributed by atoms with E-state index in [1.165, 1.54) is 0 Å². The van der Waals surface area contributed by atoms with Gasteiger partial charge in [0.15, 0.2) is 0 Å². The van der Waals surface area contributed by atoms with Gasteiger partial charge in [0, 0.05) is 17.0 Å². The molecule has 14 heavy (non-hydrogen) atoms. The molecule has 0 spiro atoms. The van der Waals surface area contributed by atoms with Crippen molar-refractivity contribution in [1.29, 1.82) is 5.41 Å². The fourth-order valence-electron chi connectivity index (χ4n) is 0.839. The molecule has 1 aromatic rings. The molecular weight excluding hydrogens is 179 g/mol. The number of nitrogens with one attached hydrogen (secondary N) is 1. The molecule has 0 aliphatic rings. The number of hydrogen-bond donors (Lipinski definition) is 2. The minimum atomic E-state index is 0.500. The van der Waals surface area contributed by atoms with Crippen molar-refractivity contribution < 1.29 is 4.39 Å². The minimum Gasteiger partial charge on any atom is -0.398 e. The molecule has 0 fully saturated rings. The topological polar surface area (TPSA) is 49.9 Å². The number of anilines is 1. The Morgan fingerprint density at radius 2 is 1.64 bits per heavy atom. The van der Waals surface area contributed by atoms with Crippen LogP contribution in [0.25, 0.3) is 0 Å². The Morgan fingerprint density at radius 1 is 1.21 bits per heavy atom. The number of rotatable bonds is 1. The normalized spacial score (nSPS) is 7.50. The van der Waals surface area contributed by atoms with Gasteiger partial charge in [-0.05, 0) is 13.0 Å². The molecule has 1 aromatic carbocycles. The summed E-state index contributed by atoms with van der Waals surface area (Å²) < 4.78 is 9.50. The predicted molar refractivity (Wildman–Crippen MR) is 61.7 cm³/mol. The van der Waals surface area contributed by atoms with Crippen LogP contribution in [0.5, 0.6) is 0 Å². The van der Waals surface area contributed by atoms with Gasteiger partial charge in [0.2, 0.25) is 0 Å². The summed E-state index contributed by atoms with van der Waals surface area (Å²) in [7, 11) is 0.500. The van der Waals surface area contributed by atoms with Crippen molar-refractivity contribution >= 4 is 11.4 Å². The highest BCUT2D eigenvalue weighted by Crippen LogP contribution is 2.09. The van der Waals surface area contributed by atoms with Crippen molar-refractivity contribution in [3.63, 3.8) is 0 Å². The molecule has 0 heterocycles. The first-order valence-corrected chi connectivity index (χ1v) is 4.49. The van der Waals surface area contributed by atoms with E-state index in [0.717, 1.165) is 5.56 Å². The van der Waals surface area contributed by atoms with Gasteiger partial charge in [-0.3, -0.25) is 4.39 Å². The molecule has 3 heteroatoms. The van der Waals surface area contributed by atoms with Crippen LogP contribution in [0.3, 0.4) is 0 Å². The largest absolute Gasteiger partial charge is 0.398 e. The third-order valence-corrected chi connectivity index (χ3v) is 1.36. The lowest BCUT2D eigenvalue weighted by Crippen LogP contribution is -1.97. The number of nitrogens with two attached hydrogens (primary N) is 1. The Balaban J connectivity index is 0. The van der Waals surface area contributed by atoms with Gasteiger partial charge in [-0.2, -0.15) is 0 Å². The second kappa shape index (κ2) is 9.71. The second-order valence-corrected chi connectivity index (χ2v) is 2.21. The number of nitrogen functional groups attached to an aromatic ring is 1. The van der Waals surface area contributed by atoms with Gasteiger partial charge < -0.3 is 11.1 Å². The first-order valence-electron chi connectivity index (χ1n) is 4.49. The van der Waals surface area contributed by atoms with E-state index >= 15 is 0 Å². The van der Waals surface area contributed by atoms with Crippen LogP contribution in [0, 0.1) is 5.41 Å². The number of halogens is 1. The third-order valence-electron chi connectivity index (χ3n) is 1.36. The van der Waals surface area contributed by atoms with Crippen molar-refractivity contribution in [3.05, 3.63) is 29.8 Å². The Hall–Kier alpha value is -1.38. The first kappa shape index (κ1) is 15.1. The lowest BCUT2D eigenvalue weighted by molar-refractivity contribution is 0.636. The maximum Gasteiger partial charge on any atom is 0.0785 e. The van der Waals surface area contributed by atoms with Crippen LogP contribution < -0.4 is 5.73 Å². The SMILES string of the molecule is CC.CC(=N)c1ccccc1N.CF. The molecule has 0 radical (unpaired) electrons. The molecule has 0 aliphatic carbocycles. The summed E-state index contributed by atoms with van der Waals surface area (Å²) in [6.45, 7) is 5.73. The van der Waals surface area contributed by atoms with E-state index in [4.69, 9.17) is 11.1 Å². The molecule has 0 bridgehead atoms.